The molecule has 0 bridgehead atoms. The second kappa shape index (κ2) is 6.09. The van der Waals surface area contributed by atoms with Crippen molar-refractivity contribution in [3.63, 3.8) is 0 Å². The normalized spacial score (nSPS) is 18.5. The van der Waals surface area contributed by atoms with E-state index in [9.17, 15) is 9.59 Å². The monoisotopic (exact) mass is 347 g/mol. The molecule has 1 unspecified atom stereocenters. The molecule has 1 aromatic heterocycles. The highest BCUT2D eigenvalue weighted by atomic mass is 16.2. The summed E-state index contributed by atoms with van der Waals surface area (Å²) in [5.74, 6) is -0.0448. The van der Waals surface area contributed by atoms with Gasteiger partial charge < -0.3 is 4.90 Å². The Morgan fingerprint density at radius 1 is 1.12 bits per heavy atom. The summed E-state index contributed by atoms with van der Waals surface area (Å²) >= 11 is 0. The first-order chi connectivity index (χ1) is 12.5. The summed E-state index contributed by atoms with van der Waals surface area (Å²) in [5, 5.41) is 0. The van der Waals surface area contributed by atoms with Gasteiger partial charge in [0, 0.05) is 12.0 Å². The summed E-state index contributed by atoms with van der Waals surface area (Å²) in [5.41, 5.74) is 2.28. The van der Waals surface area contributed by atoms with Gasteiger partial charge in [-0.25, -0.2) is 4.98 Å². The molecule has 0 spiro atoms. The molecule has 4 rings (SSSR count). The highest BCUT2D eigenvalue weighted by molar-refractivity contribution is 5.81. The second-order valence-corrected chi connectivity index (χ2v) is 7.49. The molecule has 1 fully saturated rings. The van der Waals surface area contributed by atoms with E-state index in [1.807, 2.05) is 47.4 Å². The smallest absolute Gasteiger partial charge is 0.269 e. The van der Waals surface area contributed by atoms with Crippen molar-refractivity contribution in [2.24, 2.45) is 5.41 Å². The number of aromatic nitrogens is 2. The van der Waals surface area contributed by atoms with Gasteiger partial charge >= 0.3 is 0 Å². The molecule has 26 heavy (non-hydrogen) atoms. The molecule has 3 aromatic rings. The number of rotatable bonds is 3. The lowest BCUT2D eigenvalue weighted by Crippen LogP contribution is -2.58. The molecule has 5 nitrogen and oxygen atoms in total. The van der Waals surface area contributed by atoms with Crippen LogP contribution in [0.5, 0.6) is 0 Å². The van der Waals surface area contributed by atoms with Crippen molar-refractivity contribution in [1.29, 1.82) is 0 Å². The lowest BCUT2D eigenvalue weighted by Gasteiger charge is -2.54. The van der Waals surface area contributed by atoms with E-state index >= 15 is 0 Å². The number of amides is 1. The molecular weight excluding hydrogens is 326 g/mol. The van der Waals surface area contributed by atoms with Gasteiger partial charge in [-0.1, -0.05) is 56.3 Å². The molecule has 2 aromatic carbocycles. The highest BCUT2D eigenvalue weighted by Crippen LogP contribution is 2.48. The van der Waals surface area contributed by atoms with Crippen LogP contribution in [0.4, 0.5) is 0 Å². The van der Waals surface area contributed by atoms with E-state index in [1.165, 1.54) is 10.8 Å². The van der Waals surface area contributed by atoms with Crippen LogP contribution in [0, 0.1) is 5.41 Å². The largest absolute Gasteiger partial charge is 0.333 e. The molecule has 132 valence electrons. The third kappa shape index (κ3) is 2.69. The molecule has 5 heteroatoms. The number of benzene rings is 2. The first kappa shape index (κ1) is 16.5. The fraction of sp³-hybridized carbons (Fsp3) is 0.286. The van der Waals surface area contributed by atoms with Gasteiger partial charge in [0.05, 0.1) is 23.3 Å². The van der Waals surface area contributed by atoms with Crippen LogP contribution in [-0.2, 0) is 11.3 Å². The lowest BCUT2D eigenvalue weighted by molar-refractivity contribution is -0.152. The third-order valence-electron chi connectivity index (χ3n) is 5.11. The van der Waals surface area contributed by atoms with Crippen molar-refractivity contribution in [1.82, 2.24) is 14.5 Å². The fourth-order valence-electron chi connectivity index (χ4n) is 3.93. The van der Waals surface area contributed by atoms with Gasteiger partial charge in [0.2, 0.25) is 5.91 Å². The van der Waals surface area contributed by atoms with Crippen LogP contribution in [0.1, 0.15) is 25.5 Å². The van der Waals surface area contributed by atoms with E-state index in [0.29, 0.717) is 17.6 Å². The Morgan fingerprint density at radius 2 is 1.81 bits per heavy atom. The number of fused-ring (bicyclic) bond motifs is 1. The summed E-state index contributed by atoms with van der Waals surface area (Å²) in [4.78, 5) is 31.3. The van der Waals surface area contributed by atoms with Crippen molar-refractivity contribution in [2.75, 3.05) is 6.54 Å². The maximum Gasteiger partial charge on any atom is 0.269 e. The summed E-state index contributed by atoms with van der Waals surface area (Å²) in [6.45, 7) is 5.05. The van der Waals surface area contributed by atoms with Crippen LogP contribution in [0.15, 0.2) is 65.6 Å². The van der Waals surface area contributed by atoms with Gasteiger partial charge in [-0.05, 0) is 17.7 Å². The van der Waals surface area contributed by atoms with E-state index < -0.39 is 0 Å². The first-order valence-corrected chi connectivity index (χ1v) is 8.76. The predicted molar refractivity (Wildman–Crippen MR) is 101 cm³/mol. The van der Waals surface area contributed by atoms with Crippen LogP contribution < -0.4 is 5.56 Å². The fourth-order valence-corrected chi connectivity index (χ4v) is 3.93. The van der Waals surface area contributed by atoms with Crippen LogP contribution >= 0.6 is 0 Å². The lowest BCUT2D eigenvalue weighted by atomic mass is 9.71. The maximum absolute atomic E-state index is 13.0. The zero-order valence-electron chi connectivity index (χ0n) is 14.9. The Morgan fingerprint density at radius 3 is 2.54 bits per heavy atom. The molecule has 2 heterocycles. The summed E-state index contributed by atoms with van der Waals surface area (Å²) in [6, 6.07) is 17.5. The van der Waals surface area contributed by atoms with Crippen LogP contribution in [0.3, 0.4) is 0 Å². The standard InChI is InChI=1S/C21H21N3O2/c1-21(2)14-24(20(21)15-8-4-3-5-9-15)19(26)13-23-17-11-7-6-10-16(17)22-12-18(23)25/h3-12,20H,13-14H2,1-2H3. The molecule has 1 saturated heterocycles. The van der Waals surface area contributed by atoms with E-state index in [0.717, 1.165) is 5.56 Å². The molecule has 0 saturated carbocycles. The van der Waals surface area contributed by atoms with E-state index in [1.54, 1.807) is 0 Å². The van der Waals surface area contributed by atoms with Crippen molar-refractivity contribution >= 4 is 16.9 Å². The zero-order chi connectivity index (χ0) is 18.3. The van der Waals surface area contributed by atoms with Crippen LogP contribution in [0.2, 0.25) is 0 Å². The number of nitrogens with zero attached hydrogens (tertiary/aromatic N) is 3. The van der Waals surface area contributed by atoms with Gasteiger partial charge in [-0.15, -0.1) is 0 Å². The number of hydrogen-bond donors (Lipinski definition) is 0. The van der Waals surface area contributed by atoms with E-state index in [4.69, 9.17) is 0 Å². The molecule has 0 N–H and O–H groups in total. The Bertz CT molecular complexity index is 1020. The molecule has 1 amide bonds. The van der Waals surface area contributed by atoms with Crippen molar-refractivity contribution in [3.8, 4) is 0 Å². The van der Waals surface area contributed by atoms with Crippen molar-refractivity contribution in [2.45, 2.75) is 26.4 Å². The van der Waals surface area contributed by atoms with Crippen molar-refractivity contribution < 1.29 is 4.79 Å². The molecule has 1 atom stereocenters. The number of para-hydroxylation sites is 2. The summed E-state index contributed by atoms with van der Waals surface area (Å²) in [7, 11) is 0. The quantitative estimate of drug-likeness (QED) is 0.732. The molecule has 0 radical (unpaired) electrons. The highest BCUT2D eigenvalue weighted by Gasteiger charge is 2.48. The molecular formula is C21H21N3O2. The Labute approximate surface area is 151 Å². The number of likely N-dealkylation sites (tertiary alicyclic amines) is 1. The number of carbonyl (C=O) groups is 1. The van der Waals surface area contributed by atoms with E-state index in [-0.39, 0.29) is 29.5 Å². The number of hydrogen-bond acceptors (Lipinski definition) is 3. The minimum absolute atomic E-state index is 0.0162. The SMILES string of the molecule is CC1(C)CN(C(=O)Cn2c(=O)cnc3ccccc32)C1c1ccccc1. The minimum Gasteiger partial charge on any atom is -0.333 e. The average Bonchev–Trinajstić information content (AvgIpc) is 2.63. The first-order valence-electron chi connectivity index (χ1n) is 8.76. The molecule has 1 aliphatic rings. The van der Waals surface area contributed by atoms with Gasteiger partial charge in [-0.2, -0.15) is 0 Å². The van der Waals surface area contributed by atoms with Gasteiger partial charge in [-0.3, -0.25) is 14.2 Å². The zero-order valence-corrected chi connectivity index (χ0v) is 14.9. The number of carbonyl (C=O) groups excluding carboxylic acids is 1. The van der Waals surface area contributed by atoms with Gasteiger partial charge in [0.1, 0.15) is 6.54 Å². The molecule has 1 aliphatic heterocycles. The van der Waals surface area contributed by atoms with E-state index in [2.05, 4.69) is 31.0 Å². The second-order valence-electron chi connectivity index (χ2n) is 7.49. The van der Waals surface area contributed by atoms with Crippen LogP contribution in [0.25, 0.3) is 11.0 Å². The summed E-state index contributed by atoms with van der Waals surface area (Å²) < 4.78 is 1.51. The average molecular weight is 347 g/mol. The Balaban J connectivity index is 1.65. The maximum atomic E-state index is 13.0. The molecule has 0 aliphatic carbocycles. The van der Waals surface area contributed by atoms with Gasteiger partial charge in [0.15, 0.2) is 0 Å². The van der Waals surface area contributed by atoms with Gasteiger partial charge in [0.25, 0.3) is 5.56 Å². The van der Waals surface area contributed by atoms with Crippen molar-refractivity contribution in [3.05, 3.63) is 76.7 Å². The minimum atomic E-state index is -0.256. The third-order valence-corrected chi connectivity index (χ3v) is 5.11. The Hall–Kier alpha value is -2.95. The predicted octanol–water partition coefficient (Wildman–Crippen LogP) is 3.01. The summed E-state index contributed by atoms with van der Waals surface area (Å²) in [6.07, 6.45) is 1.28. The van der Waals surface area contributed by atoms with Crippen LogP contribution in [-0.4, -0.2) is 26.9 Å². The Kier molecular flexibility index (Phi) is 3.87. The topological polar surface area (TPSA) is 55.2 Å².